The van der Waals surface area contributed by atoms with Gasteiger partial charge in [0, 0.05) is 32.0 Å². The monoisotopic (exact) mass is 374 g/mol. The number of benzene rings is 1. The van der Waals surface area contributed by atoms with Gasteiger partial charge in [0.15, 0.2) is 9.84 Å². The summed E-state index contributed by atoms with van der Waals surface area (Å²) in [4.78, 5) is 22.5. The highest BCUT2D eigenvalue weighted by Crippen LogP contribution is 2.19. The van der Waals surface area contributed by atoms with Crippen molar-refractivity contribution in [3.8, 4) is 0 Å². The minimum absolute atomic E-state index is 0.117. The Bertz CT molecular complexity index is 897. The van der Waals surface area contributed by atoms with Gasteiger partial charge in [-0.2, -0.15) is 0 Å². The van der Waals surface area contributed by atoms with Crippen LogP contribution in [0.15, 0.2) is 36.7 Å². The molecule has 0 bridgehead atoms. The molecule has 7 nitrogen and oxygen atoms in total. The summed E-state index contributed by atoms with van der Waals surface area (Å²) in [6.07, 6.45) is 3.51. The number of amides is 1. The molecule has 0 spiro atoms. The third kappa shape index (κ3) is 4.19. The van der Waals surface area contributed by atoms with E-state index in [9.17, 15) is 13.2 Å². The quantitative estimate of drug-likeness (QED) is 0.849. The van der Waals surface area contributed by atoms with E-state index < -0.39 is 9.84 Å². The van der Waals surface area contributed by atoms with Gasteiger partial charge in [-0.15, -0.1) is 0 Å². The van der Waals surface area contributed by atoms with Crippen LogP contribution in [-0.4, -0.2) is 48.9 Å². The lowest BCUT2D eigenvalue weighted by Gasteiger charge is -2.23. The van der Waals surface area contributed by atoms with Crippen molar-refractivity contribution in [1.82, 2.24) is 15.3 Å². The number of aryl methyl sites for hydroxylation is 1. The molecular weight excluding hydrogens is 352 g/mol. The van der Waals surface area contributed by atoms with E-state index in [4.69, 9.17) is 0 Å². The molecule has 1 aromatic carbocycles. The van der Waals surface area contributed by atoms with Gasteiger partial charge in [0.1, 0.15) is 0 Å². The van der Waals surface area contributed by atoms with Gasteiger partial charge >= 0.3 is 0 Å². The summed E-state index contributed by atoms with van der Waals surface area (Å²) in [5.74, 6) is 0.487. The van der Waals surface area contributed by atoms with Crippen molar-refractivity contribution in [3.63, 3.8) is 0 Å². The number of hydrogen-bond acceptors (Lipinski definition) is 6. The summed E-state index contributed by atoms with van der Waals surface area (Å²) >= 11 is 0. The highest BCUT2D eigenvalue weighted by atomic mass is 32.2. The third-order valence-corrected chi connectivity index (χ3v) is 6.42. The molecule has 8 heteroatoms. The van der Waals surface area contributed by atoms with Crippen LogP contribution in [0.5, 0.6) is 0 Å². The van der Waals surface area contributed by atoms with Crippen LogP contribution < -0.4 is 10.2 Å². The maximum absolute atomic E-state index is 12.3. The molecule has 3 rings (SSSR count). The van der Waals surface area contributed by atoms with Crippen LogP contribution in [0, 0.1) is 6.92 Å². The van der Waals surface area contributed by atoms with Crippen LogP contribution in [-0.2, 0) is 16.4 Å². The molecule has 1 amide bonds. The summed E-state index contributed by atoms with van der Waals surface area (Å²) in [6.45, 7) is 2.44. The molecule has 1 aromatic heterocycles. The van der Waals surface area contributed by atoms with Crippen molar-refractivity contribution >= 4 is 21.7 Å². The Morgan fingerprint density at radius 2 is 1.96 bits per heavy atom. The van der Waals surface area contributed by atoms with Crippen molar-refractivity contribution in [1.29, 1.82) is 0 Å². The summed E-state index contributed by atoms with van der Waals surface area (Å²) in [7, 11) is -1.19. The molecule has 2 aromatic rings. The Morgan fingerprint density at radius 3 is 2.58 bits per heavy atom. The molecule has 0 saturated carbocycles. The molecule has 26 heavy (non-hydrogen) atoms. The second-order valence-corrected chi connectivity index (χ2v) is 8.78. The van der Waals surface area contributed by atoms with Crippen molar-refractivity contribution in [3.05, 3.63) is 53.3 Å². The number of sulfone groups is 1. The van der Waals surface area contributed by atoms with Crippen molar-refractivity contribution in [2.75, 3.05) is 23.5 Å². The molecule has 1 atom stereocenters. The van der Waals surface area contributed by atoms with Crippen LogP contribution in [0.25, 0.3) is 0 Å². The minimum Gasteiger partial charge on any atom is -0.348 e. The minimum atomic E-state index is -2.97. The van der Waals surface area contributed by atoms with Crippen molar-refractivity contribution in [2.45, 2.75) is 25.9 Å². The molecule has 1 fully saturated rings. The first-order valence-electron chi connectivity index (χ1n) is 8.44. The van der Waals surface area contributed by atoms with E-state index in [-0.39, 0.29) is 23.5 Å². The fourth-order valence-corrected chi connectivity index (χ4v) is 4.73. The van der Waals surface area contributed by atoms with Crippen LogP contribution >= 0.6 is 0 Å². The van der Waals surface area contributed by atoms with E-state index in [1.54, 1.807) is 11.9 Å². The maximum Gasteiger partial charge on any atom is 0.254 e. The number of hydrogen-bond donors (Lipinski definition) is 1. The highest BCUT2D eigenvalue weighted by molar-refractivity contribution is 7.91. The molecule has 1 N–H and O–H groups in total. The fraction of sp³-hybridized carbons (Fsp3) is 0.389. The molecule has 1 aliphatic rings. The summed E-state index contributed by atoms with van der Waals surface area (Å²) in [5, 5.41) is 2.86. The second kappa shape index (κ2) is 7.41. The van der Waals surface area contributed by atoms with Crippen LogP contribution in [0.3, 0.4) is 0 Å². The smallest absolute Gasteiger partial charge is 0.254 e. The Labute approximate surface area is 153 Å². The van der Waals surface area contributed by atoms with E-state index in [1.807, 2.05) is 31.2 Å². The number of anilines is 1. The first-order valence-corrected chi connectivity index (χ1v) is 10.3. The van der Waals surface area contributed by atoms with Gasteiger partial charge in [0.2, 0.25) is 5.95 Å². The van der Waals surface area contributed by atoms with Gasteiger partial charge in [0.25, 0.3) is 5.91 Å². The third-order valence-electron chi connectivity index (χ3n) is 4.67. The number of nitrogens with one attached hydrogen (secondary N) is 1. The first-order chi connectivity index (χ1) is 12.4. The van der Waals surface area contributed by atoms with E-state index in [1.165, 1.54) is 12.4 Å². The van der Waals surface area contributed by atoms with E-state index >= 15 is 0 Å². The van der Waals surface area contributed by atoms with Crippen molar-refractivity contribution < 1.29 is 13.2 Å². The summed E-state index contributed by atoms with van der Waals surface area (Å²) in [6, 6.07) is 7.74. The second-order valence-electron chi connectivity index (χ2n) is 6.55. The molecule has 0 radical (unpaired) electrons. The highest BCUT2D eigenvalue weighted by Gasteiger charge is 2.31. The van der Waals surface area contributed by atoms with Gasteiger partial charge in [-0.05, 0) is 24.5 Å². The van der Waals surface area contributed by atoms with Crippen molar-refractivity contribution in [2.24, 2.45) is 0 Å². The van der Waals surface area contributed by atoms with Gasteiger partial charge in [-0.1, -0.05) is 24.3 Å². The summed E-state index contributed by atoms with van der Waals surface area (Å²) in [5.41, 5.74) is 2.54. The van der Waals surface area contributed by atoms with Crippen LogP contribution in [0.1, 0.15) is 27.9 Å². The molecule has 138 valence electrons. The summed E-state index contributed by atoms with van der Waals surface area (Å²) < 4.78 is 23.2. The molecule has 1 aliphatic heterocycles. The van der Waals surface area contributed by atoms with Gasteiger partial charge in [-0.3, -0.25) is 4.79 Å². The molecule has 2 heterocycles. The fourth-order valence-electron chi connectivity index (χ4n) is 2.95. The maximum atomic E-state index is 12.3. The predicted molar refractivity (Wildman–Crippen MR) is 99.8 cm³/mol. The van der Waals surface area contributed by atoms with E-state index in [0.717, 1.165) is 11.1 Å². The van der Waals surface area contributed by atoms with E-state index in [0.29, 0.717) is 24.5 Å². The van der Waals surface area contributed by atoms with Gasteiger partial charge in [0.05, 0.1) is 17.1 Å². The standard InChI is InChI=1S/C18H22N4O3S/c1-13-5-3-4-6-14(13)9-19-17(23)15-10-20-18(21-11-15)22(2)16-7-8-26(24,25)12-16/h3-6,10-11,16H,7-9,12H2,1-2H3,(H,19,23). The van der Waals surface area contributed by atoms with E-state index in [2.05, 4.69) is 15.3 Å². The Morgan fingerprint density at radius 1 is 1.27 bits per heavy atom. The van der Waals surface area contributed by atoms with Crippen LogP contribution in [0.4, 0.5) is 5.95 Å². The number of rotatable bonds is 5. The average Bonchev–Trinajstić information content (AvgIpc) is 3.00. The number of nitrogens with zero attached hydrogens (tertiary/aromatic N) is 3. The zero-order valence-electron chi connectivity index (χ0n) is 14.8. The number of carbonyl (C=O) groups is 1. The lowest BCUT2D eigenvalue weighted by molar-refractivity contribution is 0.0950. The SMILES string of the molecule is Cc1ccccc1CNC(=O)c1cnc(N(C)C2CCS(=O)(=O)C2)nc1. The predicted octanol–water partition coefficient (Wildman–Crippen LogP) is 1.34. The molecule has 1 unspecified atom stereocenters. The largest absolute Gasteiger partial charge is 0.348 e. The zero-order chi connectivity index (χ0) is 18.7. The Balaban J connectivity index is 1.62. The lowest BCUT2D eigenvalue weighted by atomic mass is 10.1. The first kappa shape index (κ1) is 18.3. The van der Waals surface area contributed by atoms with Gasteiger partial charge in [-0.25, -0.2) is 18.4 Å². The molecular formula is C18H22N4O3S. The Kier molecular flexibility index (Phi) is 5.22. The average molecular weight is 374 g/mol. The lowest BCUT2D eigenvalue weighted by Crippen LogP contribution is -2.34. The number of carbonyl (C=O) groups excluding carboxylic acids is 1. The number of aromatic nitrogens is 2. The normalized spacial score (nSPS) is 18.5. The molecule has 1 saturated heterocycles. The zero-order valence-corrected chi connectivity index (χ0v) is 15.7. The molecule has 0 aliphatic carbocycles. The van der Waals surface area contributed by atoms with Gasteiger partial charge < -0.3 is 10.2 Å². The topological polar surface area (TPSA) is 92.3 Å². The van der Waals surface area contributed by atoms with Crippen LogP contribution in [0.2, 0.25) is 0 Å². The Hall–Kier alpha value is -2.48.